The van der Waals surface area contributed by atoms with E-state index in [0.29, 0.717) is 16.8 Å². The summed E-state index contributed by atoms with van der Waals surface area (Å²) in [6.07, 6.45) is 0. The standard InChI is InChI=1S/C17H12BrNO4/c1-23-17(22)11-4-2-10(3-5-11)9-19-14-7-6-12(18)8-13(14)15(20)16(19)21/h2-8H,9H2,1H3. The SMILES string of the molecule is COC(=O)c1ccc(CN2C(=O)C(=O)c3cc(Br)ccc32)cc1. The molecule has 0 saturated carbocycles. The average Bonchev–Trinajstić information content (AvgIpc) is 2.79. The van der Waals surface area contributed by atoms with Crippen LogP contribution in [0.2, 0.25) is 0 Å². The highest BCUT2D eigenvalue weighted by molar-refractivity contribution is 9.10. The molecule has 1 amide bonds. The summed E-state index contributed by atoms with van der Waals surface area (Å²) in [5.74, 6) is -1.47. The lowest BCUT2D eigenvalue weighted by Gasteiger charge is -2.16. The van der Waals surface area contributed by atoms with Gasteiger partial charge in [-0.15, -0.1) is 0 Å². The number of hydrogen-bond donors (Lipinski definition) is 0. The zero-order valence-corrected chi connectivity index (χ0v) is 13.8. The number of hydrogen-bond acceptors (Lipinski definition) is 4. The molecule has 6 heteroatoms. The molecule has 0 unspecified atom stereocenters. The van der Waals surface area contributed by atoms with Crippen LogP contribution in [0.5, 0.6) is 0 Å². The number of ketones is 1. The summed E-state index contributed by atoms with van der Waals surface area (Å²) < 4.78 is 5.40. The Kier molecular flexibility index (Phi) is 4.00. The van der Waals surface area contributed by atoms with E-state index in [1.165, 1.54) is 12.0 Å². The fraction of sp³-hybridized carbons (Fsp3) is 0.118. The van der Waals surface area contributed by atoms with Crippen LogP contribution in [0.15, 0.2) is 46.9 Å². The summed E-state index contributed by atoms with van der Waals surface area (Å²) in [5, 5.41) is 0. The molecule has 0 fully saturated rings. The van der Waals surface area contributed by atoms with Crippen molar-refractivity contribution in [1.82, 2.24) is 0 Å². The number of carbonyl (C=O) groups is 3. The third-order valence-corrected chi connectivity index (χ3v) is 4.14. The van der Waals surface area contributed by atoms with Crippen molar-refractivity contribution in [2.45, 2.75) is 6.54 Å². The lowest BCUT2D eigenvalue weighted by atomic mass is 10.1. The van der Waals surface area contributed by atoms with Crippen LogP contribution in [0.3, 0.4) is 0 Å². The van der Waals surface area contributed by atoms with Gasteiger partial charge in [-0.1, -0.05) is 28.1 Å². The summed E-state index contributed by atoms with van der Waals surface area (Å²) in [6, 6.07) is 11.9. The van der Waals surface area contributed by atoms with E-state index in [-0.39, 0.29) is 6.54 Å². The van der Waals surface area contributed by atoms with Crippen molar-refractivity contribution in [2.24, 2.45) is 0 Å². The molecule has 2 aromatic rings. The Morgan fingerprint density at radius 1 is 1.13 bits per heavy atom. The number of anilines is 1. The second-order valence-corrected chi connectivity index (χ2v) is 5.99. The monoisotopic (exact) mass is 373 g/mol. The molecule has 0 spiro atoms. The predicted molar refractivity (Wildman–Crippen MR) is 87.4 cm³/mol. The van der Waals surface area contributed by atoms with Crippen molar-refractivity contribution in [1.29, 1.82) is 0 Å². The average molecular weight is 374 g/mol. The van der Waals surface area contributed by atoms with E-state index in [1.807, 2.05) is 0 Å². The summed E-state index contributed by atoms with van der Waals surface area (Å²) >= 11 is 3.30. The number of halogens is 1. The van der Waals surface area contributed by atoms with Crippen molar-refractivity contribution in [3.8, 4) is 0 Å². The van der Waals surface area contributed by atoms with Crippen molar-refractivity contribution >= 4 is 39.3 Å². The molecule has 1 aliphatic rings. The molecule has 23 heavy (non-hydrogen) atoms. The number of Topliss-reactive ketones (excluding diaryl/α,β-unsaturated/α-hetero) is 1. The lowest BCUT2D eigenvalue weighted by Crippen LogP contribution is -2.29. The van der Waals surface area contributed by atoms with Gasteiger partial charge in [-0.3, -0.25) is 9.59 Å². The van der Waals surface area contributed by atoms with Gasteiger partial charge < -0.3 is 9.64 Å². The quantitative estimate of drug-likeness (QED) is 0.612. The molecule has 0 atom stereocenters. The van der Waals surface area contributed by atoms with Gasteiger partial charge in [-0.05, 0) is 35.9 Å². The number of amides is 1. The van der Waals surface area contributed by atoms with Gasteiger partial charge in [0.15, 0.2) is 0 Å². The van der Waals surface area contributed by atoms with Gasteiger partial charge in [0.2, 0.25) is 0 Å². The molecule has 0 radical (unpaired) electrons. The van der Waals surface area contributed by atoms with E-state index in [0.717, 1.165) is 10.0 Å². The summed E-state index contributed by atoms with van der Waals surface area (Å²) in [6.45, 7) is 0.265. The highest BCUT2D eigenvalue weighted by Crippen LogP contribution is 2.32. The molecule has 2 aromatic carbocycles. The first-order valence-corrected chi connectivity index (χ1v) is 7.63. The predicted octanol–water partition coefficient (Wildman–Crippen LogP) is 2.97. The minimum absolute atomic E-state index is 0.265. The Balaban J connectivity index is 1.88. The number of carbonyl (C=O) groups excluding carboxylic acids is 3. The van der Waals surface area contributed by atoms with E-state index in [1.54, 1.807) is 42.5 Å². The molecule has 0 bridgehead atoms. The van der Waals surface area contributed by atoms with Crippen LogP contribution < -0.4 is 4.90 Å². The first kappa shape index (κ1) is 15.4. The summed E-state index contributed by atoms with van der Waals surface area (Å²) in [5.41, 5.74) is 2.25. The van der Waals surface area contributed by atoms with Crippen LogP contribution in [-0.2, 0) is 16.1 Å². The number of ether oxygens (including phenoxy) is 1. The van der Waals surface area contributed by atoms with Crippen LogP contribution in [0.4, 0.5) is 5.69 Å². The van der Waals surface area contributed by atoms with Crippen molar-refractivity contribution < 1.29 is 19.1 Å². The maximum absolute atomic E-state index is 12.2. The number of benzene rings is 2. The van der Waals surface area contributed by atoms with E-state index in [2.05, 4.69) is 20.7 Å². The Bertz CT molecular complexity index is 814. The van der Waals surface area contributed by atoms with Crippen LogP contribution in [-0.4, -0.2) is 24.8 Å². The maximum Gasteiger partial charge on any atom is 0.337 e. The van der Waals surface area contributed by atoms with Crippen LogP contribution in [0, 0.1) is 0 Å². The van der Waals surface area contributed by atoms with Gasteiger partial charge in [0, 0.05) is 4.47 Å². The van der Waals surface area contributed by atoms with E-state index in [9.17, 15) is 14.4 Å². The van der Waals surface area contributed by atoms with Gasteiger partial charge in [0.1, 0.15) is 0 Å². The fourth-order valence-electron chi connectivity index (χ4n) is 2.48. The molecular formula is C17H12BrNO4. The highest BCUT2D eigenvalue weighted by atomic mass is 79.9. The number of nitrogens with zero attached hydrogens (tertiary/aromatic N) is 1. The first-order chi connectivity index (χ1) is 11.0. The molecule has 116 valence electrons. The molecule has 1 aliphatic heterocycles. The van der Waals surface area contributed by atoms with E-state index >= 15 is 0 Å². The van der Waals surface area contributed by atoms with Gasteiger partial charge in [-0.2, -0.15) is 0 Å². The number of esters is 1. The van der Waals surface area contributed by atoms with Crippen molar-refractivity contribution in [2.75, 3.05) is 12.0 Å². The lowest BCUT2D eigenvalue weighted by molar-refractivity contribution is -0.114. The molecule has 0 aromatic heterocycles. The van der Waals surface area contributed by atoms with Gasteiger partial charge in [0.05, 0.1) is 30.5 Å². The third kappa shape index (κ3) is 2.77. The minimum Gasteiger partial charge on any atom is -0.465 e. The second-order valence-electron chi connectivity index (χ2n) is 5.07. The number of rotatable bonds is 3. The molecule has 1 heterocycles. The topological polar surface area (TPSA) is 63.7 Å². The Hall–Kier alpha value is -2.47. The summed E-state index contributed by atoms with van der Waals surface area (Å²) in [4.78, 5) is 37.1. The van der Waals surface area contributed by atoms with Crippen LogP contribution in [0.25, 0.3) is 0 Å². The maximum atomic E-state index is 12.2. The molecule has 3 rings (SSSR count). The van der Waals surface area contributed by atoms with Crippen molar-refractivity contribution in [3.63, 3.8) is 0 Å². The van der Waals surface area contributed by atoms with E-state index in [4.69, 9.17) is 0 Å². The van der Waals surface area contributed by atoms with E-state index < -0.39 is 17.7 Å². The molecule has 0 saturated heterocycles. The molecular weight excluding hydrogens is 362 g/mol. The van der Waals surface area contributed by atoms with Gasteiger partial charge in [0.25, 0.3) is 11.7 Å². The smallest absolute Gasteiger partial charge is 0.337 e. The third-order valence-electron chi connectivity index (χ3n) is 3.65. The zero-order chi connectivity index (χ0) is 16.6. The largest absolute Gasteiger partial charge is 0.465 e. The Morgan fingerprint density at radius 2 is 1.83 bits per heavy atom. The molecule has 5 nitrogen and oxygen atoms in total. The zero-order valence-electron chi connectivity index (χ0n) is 12.2. The molecule has 0 N–H and O–H groups in total. The van der Waals surface area contributed by atoms with Gasteiger partial charge in [-0.25, -0.2) is 4.79 Å². The van der Waals surface area contributed by atoms with Crippen molar-refractivity contribution in [3.05, 3.63) is 63.6 Å². The fourth-order valence-corrected chi connectivity index (χ4v) is 2.84. The second kappa shape index (κ2) is 5.96. The number of methoxy groups -OCH3 is 1. The first-order valence-electron chi connectivity index (χ1n) is 6.84. The highest BCUT2D eigenvalue weighted by Gasteiger charge is 2.35. The van der Waals surface area contributed by atoms with Crippen LogP contribution in [0.1, 0.15) is 26.3 Å². The molecule has 0 aliphatic carbocycles. The van der Waals surface area contributed by atoms with Gasteiger partial charge >= 0.3 is 5.97 Å². The minimum atomic E-state index is -0.546. The normalized spacial score (nSPS) is 13.2. The Morgan fingerprint density at radius 3 is 2.48 bits per heavy atom. The Labute approximate surface area is 141 Å². The number of fused-ring (bicyclic) bond motifs is 1. The van der Waals surface area contributed by atoms with Crippen LogP contribution >= 0.6 is 15.9 Å². The summed E-state index contributed by atoms with van der Waals surface area (Å²) in [7, 11) is 1.32.